The minimum atomic E-state index is 0.0434. The minimum absolute atomic E-state index is 0.0434. The van der Waals surface area contributed by atoms with Crippen molar-refractivity contribution in [3.63, 3.8) is 0 Å². The van der Waals surface area contributed by atoms with Crippen molar-refractivity contribution in [2.45, 2.75) is 38.6 Å². The first kappa shape index (κ1) is 12.2. The fourth-order valence-electron chi connectivity index (χ4n) is 2.16. The van der Waals surface area contributed by atoms with E-state index in [2.05, 4.69) is 10.6 Å². The molecule has 3 amide bonds. The Bertz CT molecular complexity index is 294. The van der Waals surface area contributed by atoms with Gasteiger partial charge in [-0.3, -0.25) is 4.79 Å². The lowest BCUT2D eigenvalue weighted by Gasteiger charge is -2.31. The van der Waals surface area contributed by atoms with Crippen LogP contribution in [0.2, 0.25) is 0 Å². The van der Waals surface area contributed by atoms with E-state index in [0.717, 1.165) is 25.7 Å². The first-order valence-electron chi connectivity index (χ1n) is 6.54. The normalized spacial score (nSPS) is 21.1. The molecule has 0 bridgehead atoms. The van der Waals surface area contributed by atoms with E-state index in [9.17, 15) is 9.59 Å². The van der Waals surface area contributed by atoms with Gasteiger partial charge < -0.3 is 15.5 Å². The average molecular weight is 239 g/mol. The summed E-state index contributed by atoms with van der Waals surface area (Å²) in [6, 6.07) is 0.450. The fraction of sp³-hybridized carbons (Fsp3) is 0.833. The molecule has 0 spiro atoms. The molecule has 5 heteroatoms. The van der Waals surface area contributed by atoms with Crippen molar-refractivity contribution in [2.75, 3.05) is 19.6 Å². The maximum atomic E-state index is 11.8. The van der Waals surface area contributed by atoms with Gasteiger partial charge in [-0.2, -0.15) is 0 Å². The molecule has 0 aromatic rings. The van der Waals surface area contributed by atoms with Gasteiger partial charge in [0.25, 0.3) is 0 Å². The topological polar surface area (TPSA) is 61.4 Å². The smallest absolute Gasteiger partial charge is 0.317 e. The van der Waals surface area contributed by atoms with Gasteiger partial charge in [0.05, 0.1) is 0 Å². The van der Waals surface area contributed by atoms with Crippen LogP contribution in [0.25, 0.3) is 0 Å². The van der Waals surface area contributed by atoms with Crippen LogP contribution in [0, 0.1) is 5.92 Å². The molecule has 1 saturated carbocycles. The van der Waals surface area contributed by atoms with E-state index in [1.807, 2.05) is 11.8 Å². The Morgan fingerprint density at radius 2 is 1.82 bits per heavy atom. The lowest BCUT2D eigenvalue weighted by Crippen LogP contribution is -2.47. The second-order valence-corrected chi connectivity index (χ2v) is 4.88. The number of hydrogen-bond acceptors (Lipinski definition) is 2. The molecule has 0 unspecified atom stereocenters. The molecule has 0 aromatic heterocycles. The van der Waals surface area contributed by atoms with Crippen molar-refractivity contribution in [3.05, 3.63) is 0 Å². The van der Waals surface area contributed by atoms with Crippen molar-refractivity contribution in [3.8, 4) is 0 Å². The highest BCUT2D eigenvalue weighted by atomic mass is 16.2. The van der Waals surface area contributed by atoms with Gasteiger partial charge in [0.15, 0.2) is 0 Å². The SMILES string of the molecule is CCNC(=O)C1CCN(C(=O)NC2CC2)CC1. The molecule has 1 saturated heterocycles. The molecule has 2 rings (SSSR count). The van der Waals surface area contributed by atoms with Crippen molar-refractivity contribution < 1.29 is 9.59 Å². The highest BCUT2D eigenvalue weighted by Crippen LogP contribution is 2.21. The van der Waals surface area contributed by atoms with E-state index in [4.69, 9.17) is 0 Å². The first-order valence-corrected chi connectivity index (χ1v) is 6.54. The molecule has 17 heavy (non-hydrogen) atoms. The monoisotopic (exact) mass is 239 g/mol. The summed E-state index contributed by atoms with van der Waals surface area (Å²) in [6.07, 6.45) is 3.79. The maximum Gasteiger partial charge on any atom is 0.317 e. The molecular formula is C12H21N3O2. The number of carbonyl (C=O) groups is 2. The molecule has 1 aliphatic carbocycles. The van der Waals surface area contributed by atoms with Crippen LogP contribution in [-0.2, 0) is 4.79 Å². The summed E-state index contributed by atoms with van der Waals surface area (Å²) in [5, 5.41) is 5.82. The number of amides is 3. The van der Waals surface area contributed by atoms with E-state index in [1.165, 1.54) is 0 Å². The Hall–Kier alpha value is -1.26. The Morgan fingerprint density at radius 1 is 1.18 bits per heavy atom. The Kier molecular flexibility index (Phi) is 3.86. The fourth-order valence-corrected chi connectivity index (χ4v) is 2.16. The second kappa shape index (κ2) is 5.38. The summed E-state index contributed by atoms with van der Waals surface area (Å²) in [5.74, 6) is 0.217. The molecule has 5 nitrogen and oxygen atoms in total. The molecule has 1 aliphatic heterocycles. The summed E-state index contributed by atoms with van der Waals surface area (Å²) < 4.78 is 0. The third-order valence-corrected chi connectivity index (χ3v) is 3.41. The van der Waals surface area contributed by atoms with E-state index in [1.54, 1.807) is 0 Å². The van der Waals surface area contributed by atoms with Gasteiger partial charge in [0.1, 0.15) is 0 Å². The van der Waals surface area contributed by atoms with Crippen LogP contribution < -0.4 is 10.6 Å². The van der Waals surface area contributed by atoms with Crippen molar-refractivity contribution >= 4 is 11.9 Å². The second-order valence-electron chi connectivity index (χ2n) is 4.88. The number of carbonyl (C=O) groups excluding carboxylic acids is 2. The van der Waals surface area contributed by atoms with E-state index < -0.39 is 0 Å². The van der Waals surface area contributed by atoms with Crippen LogP contribution in [0.1, 0.15) is 32.6 Å². The zero-order valence-electron chi connectivity index (χ0n) is 10.4. The minimum Gasteiger partial charge on any atom is -0.356 e. The van der Waals surface area contributed by atoms with Crippen LogP contribution in [0.4, 0.5) is 4.79 Å². The Morgan fingerprint density at radius 3 is 2.35 bits per heavy atom. The number of nitrogens with zero attached hydrogens (tertiary/aromatic N) is 1. The Balaban J connectivity index is 1.73. The highest BCUT2D eigenvalue weighted by molar-refractivity contribution is 5.79. The average Bonchev–Trinajstić information content (AvgIpc) is 3.13. The van der Waals surface area contributed by atoms with Crippen LogP contribution in [0.15, 0.2) is 0 Å². The lowest BCUT2D eigenvalue weighted by atomic mass is 9.96. The number of hydrogen-bond donors (Lipinski definition) is 2. The number of likely N-dealkylation sites (tertiary alicyclic amines) is 1. The predicted molar refractivity (Wildman–Crippen MR) is 64.5 cm³/mol. The molecule has 1 heterocycles. The summed E-state index contributed by atoms with van der Waals surface area (Å²) in [4.78, 5) is 25.2. The van der Waals surface area contributed by atoms with Gasteiger partial charge in [0.2, 0.25) is 5.91 Å². The third kappa shape index (κ3) is 3.35. The van der Waals surface area contributed by atoms with Crippen LogP contribution in [0.3, 0.4) is 0 Å². The lowest BCUT2D eigenvalue weighted by molar-refractivity contribution is -0.126. The maximum absolute atomic E-state index is 11.8. The van der Waals surface area contributed by atoms with Gasteiger partial charge in [-0.05, 0) is 32.6 Å². The number of piperidine rings is 1. The first-order chi connectivity index (χ1) is 8.20. The van der Waals surface area contributed by atoms with E-state index in [0.29, 0.717) is 25.7 Å². The number of rotatable bonds is 3. The molecule has 0 aromatic carbocycles. The van der Waals surface area contributed by atoms with Gasteiger partial charge in [-0.15, -0.1) is 0 Å². The summed E-state index contributed by atoms with van der Waals surface area (Å²) in [5.41, 5.74) is 0. The van der Waals surface area contributed by atoms with E-state index in [-0.39, 0.29) is 17.9 Å². The molecule has 2 aliphatic rings. The van der Waals surface area contributed by atoms with Gasteiger partial charge >= 0.3 is 6.03 Å². The van der Waals surface area contributed by atoms with Gasteiger partial charge in [-0.1, -0.05) is 0 Å². The van der Waals surface area contributed by atoms with Crippen LogP contribution in [-0.4, -0.2) is 42.5 Å². The summed E-state index contributed by atoms with van der Waals surface area (Å²) >= 11 is 0. The number of nitrogens with one attached hydrogen (secondary N) is 2. The van der Waals surface area contributed by atoms with Gasteiger partial charge in [0, 0.05) is 31.6 Å². The quantitative estimate of drug-likeness (QED) is 0.762. The van der Waals surface area contributed by atoms with Crippen LogP contribution in [0.5, 0.6) is 0 Å². The van der Waals surface area contributed by atoms with E-state index >= 15 is 0 Å². The molecule has 2 N–H and O–H groups in total. The van der Waals surface area contributed by atoms with Crippen molar-refractivity contribution in [1.82, 2.24) is 15.5 Å². The van der Waals surface area contributed by atoms with Crippen molar-refractivity contribution in [1.29, 1.82) is 0 Å². The molecule has 0 atom stereocenters. The van der Waals surface area contributed by atoms with Crippen LogP contribution >= 0.6 is 0 Å². The zero-order valence-corrected chi connectivity index (χ0v) is 10.4. The zero-order chi connectivity index (χ0) is 12.3. The molecule has 96 valence electrons. The standard InChI is InChI=1S/C12H21N3O2/c1-2-13-11(16)9-5-7-15(8-6-9)12(17)14-10-3-4-10/h9-10H,2-8H2,1H3,(H,13,16)(H,14,17). The highest BCUT2D eigenvalue weighted by Gasteiger charge is 2.30. The van der Waals surface area contributed by atoms with Gasteiger partial charge in [-0.25, -0.2) is 4.79 Å². The molecule has 2 fully saturated rings. The third-order valence-electron chi connectivity index (χ3n) is 3.41. The largest absolute Gasteiger partial charge is 0.356 e. The predicted octanol–water partition coefficient (Wildman–Crippen LogP) is 0.706. The molecular weight excluding hydrogens is 218 g/mol. The summed E-state index contributed by atoms with van der Waals surface area (Å²) in [6.45, 7) is 4.00. The molecule has 0 radical (unpaired) electrons. The summed E-state index contributed by atoms with van der Waals surface area (Å²) in [7, 11) is 0. The van der Waals surface area contributed by atoms with Crippen molar-refractivity contribution in [2.24, 2.45) is 5.92 Å². The Labute approximate surface area is 102 Å². The number of urea groups is 1.